The molecule has 0 radical (unpaired) electrons. The molecule has 0 atom stereocenters. The van der Waals surface area contributed by atoms with Crippen molar-refractivity contribution in [1.82, 2.24) is 4.98 Å². The predicted octanol–water partition coefficient (Wildman–Crippen LogP) is 3.43. The van der Waals surface area contributed by atoms with Gasteiger partial charge in [0.15, 0.2) is 0 Å². The lowest BCUT2D eigenvalue weighted by Crippen LogP contribution is -2.12. The number of anilines is 1. The molecule has 1 amide bonds. The molecule has 1 heterocycles. The molecule has 0 aliphatic heterocycles. The molecule has 1 N–H and O–H groups in total. The number of amides is 1. The first kappa shape index (κ1) is 13.2. The summed E-state index contributed by atoms with van der Waals surface area (Å²) < 4.78 is 12.9. The Bertz CT molecular complexity index is 567. The van der Waals surface area contributed by atoms with E-state index in [4.69, 9.17) is 0 Å². The first-order chi connectivity index (χ1) is 9.19. The first-order valence-electron chi connectivity index (χ1n) is 6.21. The summed E-state index contributed by atoms with van der Waals surface area (Å²) in [6, 6.07) is 10.2. The van der Waals surface area contributed by atoms with Gasteiger partial charge in [0.25, 0.3) is 5.91 Å². The highest BCUT2D eigenvalue weighted by Crippen LogP contribution is 2.12. The van der Waals surface area contributed by atoms with E-state index in [0.29, 0.717) is 5.69 Å². The van der Waals surface area contributed by atoms with Crippen molar-refractivity contribution < 1.29 is 9.18 Å². The van der Waals surface area contributed by atoms with Crippen LogP contribution in [-0.2, 0) is 6.42 Å². The lowest BCUT2D eigenvalue weighted by Gasteiger charge is -2.06. The summed E-state index contributed by atoms with van der Waals surface area (Å²) in [5.74, 6) is -1.00. The van der Waals surface area contributed by atoms with Gasteiger partial charge in [-0.1, -0.05) is 25.5 Å². The molecular formula is C15H15FN2O. The van der Waals surface area contributed by atoms with E-state index in [1.165, 1.54) is 17.8 Å². The van der Waals surface area contributed by atoms with Crippen molar-refractivity contribution in [3.63, 3.8) is 0 Å². The van der Waals surface area contributed by atoms with Gasteiger partial charge in [0.05, 0.1) is 0 Å². The highest BCUT2D eigenvalue weighted by atomic mass is 19.1. The summed E-state index contributed by atoms with van der Waals surface area (Å²) in [6.07, 6.45) is 3.38. The number of nitrogens with zero attached hydrogens (tertiary/aromatic N) is 1. The van der Waals surface area contributed by atoms with E-state index in [1.54, 1.807) is 0 Å². The van der Waals surface area contributed by atoms with Crippen molar-refractivity contribution in [1.29, 1.82) is 0 Å². The first-order valence-corrected chi connectivity index (χ1v) is 6.21. The van der Waals surface area contributed by atoms with E-state index < -0.39 is 5.95 Å². The Balaban J connectivity index is 2.06. The van der Waals surface area contributed by atoms with Crippen molar-refractivity contribution in [2.75, 3.05) is 5.32 Å². The van der Waals surface area contributed by atoms with Gasteiger partial charge in [0.1, 0.15) is 0 Å². The molecule has 0 aliphatic rings. The largest absolute Gasteiger partial charge is 0.322 e. The van der Waals surface area contributed by atoms with Crippen molar-refractivity contribution in [2.45, 2.75) is 19.8 Å². The van der Waals surface area contributed by atoms with Crippen LogP contribution >= 0.6 is 0 Å². The van der Waals surface area contributed by atoms with Crippen LogP contribution in [0.25, 0.3) is 0 Å². The normalized spacial score (nSPS) is 10.2. The Morgan fingerprint density at radius 1 is 1.26 bits per heavy atom. The summed E-state index contributed by atoms with van der Waals surface area (Å²) in [5.41, 5.74) is 2.18. The maximum Gasteiger partial charge on any atom is 0.255 e. The van der Waals surface area contributed by atoms with Gasteiger partial charge < -0.3 is 5.32 Å². The van der Waals surface area contributed by atoms with Crippen LogP contribution in [0.4, 0.5) is 10.1 Å². The molecule has 0 bridgehead atoms. The number of pyridine rings is 1. The van der Waals surface area contributed by atoms with E-state index in [1.807, 2.05) is 24.3 Å². The van der Waals surface area contributed by atoms with Gasteiger partial charge in [-0.3, -0.25) is 4.79 Å². The van der Waals surface area contributed by atoms with Crippen molar-refractivity contribution >= 4 is 11.6 Å². The Labute approximate surface area is 111 Å². The molecule has 2 rings (SSSR count). The number of benzene rings is 1. The van der Waals surface area contributed by atoms with Crippen LogP contribution in [0.15, 0.2) is 42.6 Å². The third-order valence-corrected chi connectivity index (χ3v) is 2.74. The highest BCUT2D eigenvalue weighted by Gasteiger charge is 2.07. The predicted molar refractivity (Wildman–Crippen MR) is 72.6 cm³/mol. The molecule has 2 aromatic rings. The zero-order chi connectivity index (χ0) is 13.7. The lowest BCUT2D eigenvalue weighted by molar-refractivity contribution is 0.102. The summed E-state index contributed by atoms with van der Waals surface area (Å²) >= 11 is 0. The van der Waals surface area contributed by atoms with Gasteiger partial charge >= 0.3 is 0 Å². The summed E-state index contributed by atoms with van der Waals surface area (Å²) in [5, 5.41) is 2.72. The number of carbonyl (C=O) groups excluding carboxylic acids is 1. The van der Waals surface area contributed by atoms with E-state index >= 15 is 0 Å². The lowest BCUT2D eigenvalue weighted by atomic mass is 10.1. The minimum Gasteiger partial charge on any atom is -0.322 e. The molecule has 3 nitrogen and oxygen atoms in total. The number of hydrogen-bond donors (Lipinski definition) is 1. The second-order valence-corrected chi connectivity index (χ2v) is 4.27. The maximum absolute atomic E-state index is 12.9. The maximum atomic E-state index is 12.9. The molecule has 1 aromatic heterocycles. The SMILES string of the molecule is CCCc1ccc(NC(=O)c2ccnc(F)c2)cc1. The fraction of sp³-hybridized carbons (Fsp3) is 0.200. The van der Waals surface area contributed by atoms with Gasteiger partial charge in [-0.25, -0.2) is 4.98 Å². The molecule has 0 spiro atoms. The number of halogens is 1. The third kappa shape index (κ3) is 3.61. The Hall–Kier alpha value is -2.23. The standard InChI is InChI=1S/C15H15FN2O/c1-2-3-11-4-6-13(7-5-11)18-15(19)12-8-9-17-14(16)10-12/h4-10H,2-3H2,1H3,(H,18,19). The van der Waals surface area contributed by atoms with Gasteiger partial charge in [-0.15, -0.1) is 0 Å². The summed E-state index contributed by atoms with van der Waals surface area (Å²) in [4.78, 5) is 15.3. The summed E-state index contributed by atoms with van der Waals surface area (Å²) in [6.45, 7) is 2.12. The number of rotatable bonds is 4. The van der Waals surface area contributed by atoms with Gasteiger partial charge in [-0.2, -0.15) is 4.39 Å². The van der Waals surface area contributed by atoms with Crippen LogP contribution in [0.3, 0.4) is 0 Å². The van der Waals surface area contributed by atoms with Crippen molar-refractivity contribution in [3.8, 4) is 0 Å². The quantitative estimate of drug-likeness (QED) is 0.854. The van der Waals surface area contributed by atoms with E-state index in [2.05, 4.69) is 17.2 Å². The monoisotopic (exact) mass is 258 g/mol. The van der Waals surface area contributed by atoms with Crippen molar-refractivity contribution in [2.24, 2.45) is 0 Å². The van der Waals surface area contributed by atoms with Crippen LogP contribution in [0.2, 0.25) is 0 Å². The zero-order valence-corrected chi connectivity index (χ0v) is 10.7. The molecule has 1 aromatic carbocycles. The Morgan fingerprint density at radius 2 is 2.00 bits per heavy atom. The Morgan fingerprint density at radius 3 is 2.63 bits per heavy atom. The van der Waals surface area contributed by atoms with E-state index in [9.17, 15) is 9.18 Å². The number of hydrogen-bond acceptors (Lipinski definition) is 2. The molecule has 0 saturated heterocycles. The van der Waals surface area contributed by atoms with E-state index in [-0.39, 0.29) is 11.5 Å². The number of nitrogens with one attached hydrogen (secondary N) is 1. The van der Waals surface area contributed by atoms with Crippen LogP contribution < -0.4 is 5.32 Å². The van der Waals surface area contributed by atoms with Gasteiger partial charge in [-0.05, 0) is 30.2 Å². The Kier molecular flexibility index (Phi) is 4.23. The van der Waals surface area contributed by atoms with Crippen LogP contribution in [-0.4, -0.2) is 10.9 Å². The number of aryl methyl sites for hydroxylation is 1. The highest BCUT2D eigenvalue weighted by molar-refractivity contribution is 6.04. The minimum atomic E-state index is -0.661. The second kappa shape index (κ2) is 6.09. The molecule has 0 fully saturated rings. The van der Waals surface area contributed by atoms with Gasteiger partial charge in [0.2, 0.25) is 5.95 Å². The molecule has 0 saturated carbocycles. The topological polar surface area (TPSA) is 42.0 Å². The molecular weight excluding hydrogens is 243 g/mol. The number of aromatic nitrogens is 1. The summed E-state index contributed by atoms with van der Waals surface area (Å²) in [7, 11) is 0. The average Bonchev–Trinajstić information content (AvgIpc) is 2.41. The van der Waals surface area contributed by atoms with Gasteiger partial charge in [0, 0.05) is 23.5 Å². The van der Waals surface area contributed by atoms with E-state index in [0.717, 1.165) is 18.9 Å². The van der Waals surface area contributed by atoms with Crippen LogP contribution in [0.1, 0.15) is 29.3 Å². The molecule has 19 heavy (non-hydrogen) atoms. The zero-order valence-electron chi connectivity index (χ0n) is 10.7. The minimum absolute atomic E-state index is 0.255. The van der Waals surface area contributed by atoms with Crippen LogP contribution in [0.5, 0.6) is 0 Å². The number of carbonyl (C=O) groups is 1. The smallest absolute Gasteiger partial charge is 0.255 e. The van der Waals surface area contributed by atoms with Crippen molar-refractivity contribution in [3.05, 3.63) is 59.7 Å². The second-order valence-electron chi connectivity index (χ2n) is 4.27. The molecule has 98 valence electrons. The molecule has 0 unspecified atom stereocenters. The fourth-order valence-corrected chi connectivity index (χ4v) is 1.79. The van der Waals surface area contributed by atoms with Crippen LogP contribution in [0, 0.1) is 5.95 Å². The molecule has 4 heteroatoms. The third-order valence-electron chi connectivity index (χ3n) is 2.74. The molecule has 0 aliphatic carbocycles. The average molecular weight is 258 g/mol. The fourth-order valence-electron chi connectivity index (χ4n) is 1.79.